The SMILES string of the molecule is COC(=O)c1cc(NC(=O)c2csc(C)c2C)cc(C(=O)OC)c1. The molecule has 0 atom stereocenters. The zero-order chi connectivity index (χ0) is 17.9. The van der Waals surface area contributed by atoms with Gasteiger partial charge in [0.2, 0.25) is 0 Å². The van der Waals surface area contributed by atoms with Gasteiger partial charge in [-0.15, -0.1) is 11.3 Å². The van der Waals surface area contributed by atoms with Crippen LogP contribution in [0.2, 0.25) is 0 Å². The number of carbonyl (C=O) groups is 3. The first-order valence-electron chi connectivity index (χ1n) is 7.05. The summed E-state index contributed by atoms with van der Waals surface area (Å²) in [5.41, 5.74) is 2.06. The molecule has 0 aliphatic rings. The lowest BCUT2D eigenvalue weighted by Gasteiger charge is -2.09. The van der Waals surface area contributed by atoms with E-state index in [9.17, 15) is 14.4 Å². The van der Waals surface area contributed by atoms with Gasteiger partial charge in [0.1, 0.15) is 0 Å². The van der Waals surface area contributed by atoms with Gasteiger partial charge in [-0.3, -0.25) is 4.79 Å². The molecule has 1 amide bonds. The zero-order valence-electron chi connectivity index (χ0n) is 13.8. The Balaban J connectivity index is 2.38. The van der Waals surface area contributed by atoms with E-state index in [4.69, 9.17) is 0 Å². The zero-order valence-corrected chi connectivity index (χ0v) is 14.6. The molecule has 0 spiro atoms. The third-order valence-corrected chi connectivity index (χ3v) is 4.58. The number of methoxy groups -OCH3 is 2. The topological polar surface area (TPSA) is 81.7 Å². The number of hydrogen-bond acceptors (Lipinski definition) is 6. The quantitative estimate of drug-likeness (QED) is 0.859. The lowest BCUT2D eigenvalue weighted by Crippen LogP contribution is -2.14. The number of hydrogen-bond donors (Lipinski definition) is 1. The molecule has 6 nitrogen and oxygen atoms in total. The third kappa shape index (κ3) is 3.62. The van der Waals surface area contributed by atoms with Gasteiger partial charge in [-0.25, -0.2) is 9.59 Å². The predicted molar refractivity (Wildman–Crippen MR) is 90.9 cm³/mol. The molecule has 2 aromatic rings. The van der Waals surface area contributed by atoms with Gasteiger partial charge in [0.25, 0.3) is 5.91 Å². The van der Waals surface area contributed by atoms with E-state index in [-0.39, 0.29) is 17.0 Å². The number of nitrogens with one attached hydrogen (secondary N) is 1. The van der Waals surface area contributed by atoms with Crippen molar-refractivity contribution in [1.29, 1.82) is 0 Å². The molecule has 0 unspecified atom stereocenters. The molecule has 1 N–H and O–H groups in total. The average molecular weight is 347 g/mol. The van der Waals surface area contributed by atoms with Crippen LogP contribution in [0.5, 0.6) is 0 Å². The summed E-state index contributed by atoms with van der Waals surface area (Å²) in [6.07, 6.45) is 0. The molecule has 0 saturated carbocycles. The number of aryl methyl sites for hydroxylation is 1. The number of rotatable bonds is 4. The second-order valence-corrected chi connectivity index (χ2v) is 6.15. The first kappa shape index (κ1) is 17.7. The van der Waals surface area contributed by atoms with Crippen LogP contribution in [0.25, 0.3) is 0 Å². The molecule has 0 saturated heterocycles. The van der Waals surface area contributed by atoms with Crippen molar-refractivity contribution in [2.75, 3.05) is 19.5 Å². The van der Waals surface area contributed by atoms with Crippen molar-refractivity contribution in [1.82, 2.24) is 0 Å². The highest BCUT2D eigenvalue weighted by Crippen LogP contribution is 2.23. The van der Waals surface area contributed by atoms with Crippen LogP contribution in [0.3, 0.4) is 0 Å². The van der Waals surface area contributed by atoms with Gasteiger partial charge in [0.05, 0.1) is 30.9 Å². The predicted octanol–water partition coefficient (Wildman–Crippen LogP) is 3.19. The maximum atomic E-state index is 12.4. The van der Waals surface area contributed by atoms with Crippen molar-refractivity contribution < 1.29 is 23.9 Å². The maximum absolute atomic E-state index is 12.4. The van der Waals surface area contributed by atoms with E-state index in [1.54, 1.807) is 5.38 Å². The molecule has 2 rings (SSSR count). The molecule has 0 aliphatic carbocycles. The van der Waals surface area contributed by atoms with Crippen molar-refractivity contribution in [2.24, 2.45) is 0 Å². The lowest BCUT2D eigenvalue weighted by atomic mass is 10.1. The van der Waals surface area contributed by atoms with Crippen LogP contribution in [0.4, 0.5) is 5.69 Å². The number of thiophene rings is 1. The fourth-order valence-corrected chi connectivity index (χ4v) is 2.97. The summed E-state index contributed by atoms with van der Waals surface area (Å²) in [5.74, 6) is -1.53. The number of ether oxygens (including phenoxy) is 2. The van der Waals surface area contributed by atoms with Crippen molar-refractivity contribution in [2.45, 2.75) is 13.8 Å². The number of amides is 1. The molecule has 1 aromatic carbocycles. The third-order valence-electron chi connectivity index (χ3n) is 3.56. The largest absolute Gasteiger partial charge is 0.465 e. The van der Waals surface area contributed by atoms with Crippen LogP contribution in [0.15, 0.2) is 23.6 Å². The minimum Gasteiger partial charge on any atom is -0.465 e. The fourth-order valence-electron chi connectivity index (χ4n) is 2.11. The summed E-state index contributed by atoms with van der Waals surface area (Å²) >= 11 is 1.48. The Labute approximate surface area is 143 Å². The minimum absolute atomic E-state index is 0.147. The smallest absolute Gasteiger partial charge is 0.337 e. The molecule has 0 bridgehead atoms. The van der Waals surface area contributed by atoms with Crippen LogP contribution in [0.1, 0.15) is 41.5 Å². The van der Waals surface area contributed by atoms with Crippen LogP contribution in [0, 0.1) is 13.8 Å². The molecule has 126 valence electrons. The summed E-state index contributed by atoms with van der Waals surface area (Å²) < 4.78 is 9.34. The Morgan fingerprint density at radius 2 is 1.50 bits per heavy atom. The van der Waals surface area contributed by atoms with Gasteiger partial charge in [-0.05, 0) is 37.6 Å². The van der Waals surface area contributed by atoms with E-state index in [0.29, 0.717) is 11.3 Å². The number of anilines is 1. The van der Waals surface area contributed by atoms with Gasteiger partial charge in [-0.1, -0.05) is 0 Å². The number of carbonyl (C=O) groups excluding carboxylic acids is 3. The van der Waals surface area contributed by atoms with Crippen LogP contribution in [-0.2, 0) is 9.47 Å². The number of benzene rings is 1. The van der Waals surface area contributed by atoms with Gasteiger partial charge >= 0.3 is 11.9 Å². The molecule has 0 fully saturated rings. The van der Waals surface area contributed by atoms with E-state index in [0.717, 1.165) is 10.4 Å². The average Bonchev–Trinajstić information content (AvgIpc) is 2.92. The maximum Gasteiger partial charge on any atom is 0.337 e. The van der Waals surface area contributed by atoms with Crippen molar-refractivity contribution in [3.05, 3.63) is 50.7 Å². The van der Waals surface area contributed by atoms with E-state index in [1.807, 2.05) is 13.8 Å². The van der Waals surface area contributed by atoms with E-state index >= 15 is 0 Å². The monoisotopic (exact) mass is 347 g/mol. The summed E-state index contributed by atoms with van der Waals surface area (Å²) in [7, 11) is 2.48. The minimum atomic E-state index is -0.612. The van der Waals surface area contributed by atoms with Crippen LogP contribution in [-0.4, -0.2) is 32.1 Å². The second-order valence-electron chi connectivity index (χ2n) is 5.07. The van der Waals surface area contributed by atoms with E-state index in [1.165, 1.54) is 43.8 Å². The summed E-state index contributed by atoms with van der Waals surface area (Å²) in [6, 6.07) is 4.25. The standard InChI is InChI=1S/C17H17NO5S/c1-9-10(2)24-8-14(9)15(19)18-13-6-11(16(20)22-3)5-12(7-13)17(21)23-4/h5-8H,1-4H3,(H,18,19). The van der Waals surface area contributed by atoms with Crippen LogP contribution < -0.4 is 5.32 Å². The Morgan fingerprint density at radius 3 is 1.92 bits per heavy atom. The molecule has 0 aliphatic heterocycles. The molecular formula is C17H17NO5S. The number of esters is 2. The van der Waals surface area contributed by atoms with Crippen molar-refractivity contribution in [3.63, 3.8) is 0 Å². The highest BCUT2D eigenvalue weighted by atomic mass is 32.1. The first-order valence-corrected chi connectivity index (χ1v) is 7.93. The second kappa shape index (κ2) is 7.27. The van der Waals surface area contributed by atoms with Crippen molar-refractivity contribution in [3.8, 4) is 0 Å². The summed E-state index contributed by atoms with van der Waals surface area (Å²) in [5, 5.41) is 4.47. The molecule has 7 heteroatoms. The Morgan fingerprint density at radius 1 is 0.958 bits per heavy atom. The molecule has 0 radical (unpaired) electrons. The normalized spacial score (nSPS) is 10.2. The van der Waals surface area contributed by atoms with Crippen molar-refractivity contribution >= 4 is 34.9 Å². The highest BCUT2D eigenvalue weighted by molar-refractivity contribution is 7.10. The Kier molecular flexibility index (Phi) is 5.35. The van der Waals surface area contributed by atoms with E-state index < -0.39 is 11.9 Å². The molecule has 1 aromatic heterocycles. The molecular weight excluding hydrogens is 330 g/mol. The van der Waals surface area contributed by atoms with Gasteiger partial charge in [-0.2, -0.15) is 0 Å². The first-order chi connectivity index (χ1) is 11.4. The van der Waals surface area contributed by atoms with E-state index in [2.05, 4.69) is 14.8 Å². The highest BCUT2D eigenvalue weighted by Gasteiger charge is 2.17. The summed E-state index contributed by atoms with van der Waals surface area (Å²) in [6.45, 7) is 3.80. The van der Waals surface area contributed by atoms with Gasteiger partial charge < -0.3 is 14.8 Å². The fraction of sp³-hybridized carbons (Fsp3) is 0.235. The van der Waals surface area contributed by atoms with Gasteiger partial charge in [0, 0.05) is 15.9 Å². The Bertz CT molecular complexity index is 775. The lowest BCUT2D eigenvalue weighted by molar-refractivity contribution is 0.0599. The Hall–Kier alpha value is -2.67. The van der Waals surface area contributed by atoms with Gasteiger partial charge in [0.15, 0.2) is 0 Å². The molecule has 1 heterocycles. The van der Waals surface area contributed by atoms with Crippen LogP contribution >= 0.6 is 11.3 Å². The molecule has 24 heavy (non-hydrogen) atoms. The summed E-state index contributed by atoms with van der Waals surface area (Å²) in [4.78, 5) is 37.0.